The van der Waals surface area contributed by atoms with Gasteiger partial charge in [0, 0.05) is 11.1 Å². The lowest BCUT2D eigenvalue weighted by molar-refractivity contribution is -0.274. The van der Waals surface area contributed by atoms with Crippen molar-refractivity contribution in [2.45, 2.75) is 18.6 Å². The second kappa shape index (κ2) is 8.86. The molecule has 0 aliphatic rings. The van der Waals surface area contributed by atoms with Crippen molar-refractivity contribution in [2.75, 3.05) is 6.61 Å². The molecule has 32 heavy (non-hydrogen) atoms. The number of aliphatic hydroxyl groups excluding tert-OH is 1. The summed E-state index contributed by atoms with van der Waals surface area (Å²) in [5.74, 6) is -1.59. The summed E-state index contributed by atoms with van der Waals surface area (Å²) in [6.45, 7) is -0.671. The Morgan fingerprint density at radius 3 is 2.19 bits per heavy atom. The van der Waals surface area contributed by atoms with Crippen LogP contribution in [0.15, 0.2) is 53.1 Å². The van der Waals surface area contributed by atoms with Gasteiger partial charge in [0.15, 0.2) is 0 Å². The van der Waals surface area contributed by atoms with E-state index in [4.69, 9.17) is 4.52 Å². The number of carbonyl (C=O) groups excluding carboxylic acids is 1. The third-order valence-corrected chi connectivity index (χ3v) is 4.05. The van der Waals surface area contributed by atoms with Gasteiger partial charge in [0.25, 0.3) is 11.8 Å². The van der Waals surface area contributed by atoms with Crippen LogP contribution in [0.25, 0.3) is 11.4 Å². The van der Waals surface area contributed by atoms with E-state index in [0.29, 0.717) is 0 Å². The number of benzene rings is 2. The van der Waals surface area contributed by atoms with E-state index < -0.39 is 42.4 Å². The van der Waals surface area contributed by atoms with Gasteiger partial charge < -0.3 is 19.7 Å². The van der Waals surface area contributed by atoms with E-state index in [0.717, 1.165) is 48.5 Å². The summed E-state index contributed by atoms with van der Waals surface area (Å²) in [5.41, 5.74) is -0.700. The van der Waals surface area contributed by atoms with Gasteiger partial charge in [-0.1, -0.05) is 17.3 Å². The van der Waals surface area contributed by atoms with Gasteiger partial charge in [0.1, 0.15) is 11.8 Å². The molecular formula is C19H13F6N3O4. The first-order valence-corrected chi connectivity index (χ1v) is 8.75. The molecule has 0 aliphatic heterocycles. The lowest BCUT2D eigenvalue weighted by atomic mass is 10.1. The van der Waals surface area contributed by atoms with Crippen LogP contribution in [0.4, 0.5) is 26.3 Å². The first kappa shape index (κ1) is 23.1. The van der Waals surface area contributed by atoms with Crippen molar-refractivity contribution in [2.24, 2.45) is 0 Å². The molecule has 13 heteroatoms. The molecule has 0 saturated carbocycles. The molecule has 0 radical (unpaired) electrons. The van der Waals surface area contributed by atoms with E-state index in [1.807, 2.05) is 0 Å². The Morgan fingerprint density at radius 2 is 1.66 bits per heavy atom. The monoisotopic (exact) mass is 461 g/mol. The van der Waals surface area contributed by atoms with Crippen LogP contribution in [0.2, 0.25) is 0 Å². The maximum absolute atomic E-state index is 12.7. The average Bonchev–Trinajstić information content (AvgIpc) is 3.20. The molecule has 3 rings (SSSR count). The predicted octanol–water partition coefficient (Wildman–Crippen LogP) is 4.12. The standard InChI is InChI=1S/C19H13F6N3O4/c20-18(21,22)12-5-1-10(2-6-12)15-27-17(32-28-15)14(9-29)26-16(30)11-3-7-13(8-4-11)31-19(23,24)25/h1-8,14,29H,9H2,(H,26,30). The zero-order chi connectivity index (χ0) is 23.5. The van der Waals surface area contributed by atoms with Crippen LogP contribution in [0, 0.1) is 0 Å². The number of rotatable bonds is 6. The lowest BCUT2D eigenvalue weighted by Crippen LogP contribution is -2.31. The molecule has 170 valence electrons. The number of carbonyl (C=O) groups is 1. The van der Waals surface area contributed by atoms with Crippen LogP contribution < -0.4 is 10.1 Å². The summed E-state index contributed by atoms with van der Waals surface area (Å²) in [5, 5.41) is 15.5. The molecule has 0 saturated heterocycles. The van der Waals surface area contributed by atoms with Crippen molar-refractivity contribution in [1.29, 1.82) is 0 Å². The topological polar surface area (TPSA) is 97.5 Å². The van der Waals surface area contributed by atoms with Crippen LogP contribution in [0.5, 0.6) is 5.75 Å². The highest BCUT2D eigenvalue weighted by Crippen LogP contribution is 2.30. The van der Waals surface area contributed by atoms with Gasteiger partial charge in [-0.15, -0.1) is 13.2 Å². The molecule has 0 fully saturated rings. The maximum Gasteiger partial charge on any atom is 0.573 e. The molecule has 7 nitrogen and oxygen atoms in total. The molecule has 1 unspecified atom stereocenters. The van der Waals surface area contributed by atoms with Gasteiger partial charge in [0.05, 0.1) is 12.2 Å². The van der Waals surface area contributed by atoms with Gasteiger partial charge in [-0.2, -0.15) is 18.2 Å². The molecule has 3 aromatic rings. The van der Waals surface area contributed by atoms with E-state index in [1.165, 1.54) is 0 Å². The predicted molar refractivity (Wildman–Crippen MR) is 95.2 cm³/mol. The fourth-order valence-electron chi connectivity index (χ4n) is 2.54. The number of ether oxygens (including phenoxy) is 1. The zero-order valence-electron chi connectivity index (χ0n) is 15.7. The Morgan fingerprint density at radius 1 is 1.03 bits per heavy atom. The molecule has 1 amide bonds. The Hall–Kier alpha value is -3.61. The SMILES string of the molecule is O=C(NC(CO)c1nc(-c2ccc(C(F)(F)F)cc2)no1)c1ccc(OC(F)(F)F)cc1. The largest absolute Gasteiger partial charge is 0.573 e. The third kappa shape index (κ3) is 5.75. The number of aliphatic hydroxyl groups is 1. The van der Waals surface area contributed by atoms with Gasteiger partial charge in [-0.3, -0.25) is 4.79 Å². The third-order valence-electron chi connectivity index (χ3n) is 4.05. The highest BCUT2D eigenvalue weighted by molar-refractivity contribution is 5.94. The fraction of sp³-hybridized carbons (Fsp3) is 0.211. The van der Waals surface area contributed by atoms with Gasteiger partial charge >= 0.3 is 12.5 Å². The molecule has 2 aromatic carbocycles. The van der Waals surface area contributed by atoms with Crippen LogP contribution >= 0.6 is 0 Å². The summed E-state index contributed by atoms with van der Waals surface area (Å²) >= 11 is 0. The zero-order valence-corrected chi connectivity index (χ0v) is 15.7. The number of nitrogens with one attached hydrogen (secondary N) is 1. The lowest BCUT2D eigenvalue weighted by Gasteiger charge is -2.13. The number of alkyl halides is 6. The summed E-state index contributed by atoms with van der Waals surface area (Å²) < 4.78 is 83.3. The van der Waals surface area contributed by atoms with Crippen molar-refractivity contribution >= 4 is 5.91 Å². The van der Waals surface area contributed by atoms with Gasteiger partial charge in [-0.05, 0) is 36.4 Å². The van der Waals surface area contributed by atoms with Crippen molar-refractivity contribution in [3.05, 3.63) is 65.5 Å². The smallest absolute Gasteiger partial charge is 0.406 e. The second-order valence-corrected chi connectivity index (χ2v) is 6.31. The fourth-order valence-corrected chi connectivity index (χ4v) is 2.54. The molecule has 0 spiro atoms. The number of hydrogen-bond acceptors (Lipinski definition) is 6. The molecular weight excluding hydrogens is 448 g/mol. The Labute approximate surface area is 175 Å². The van der Waals surface area contributed by atoms with E-state index >= 15 is 0 Å². The van der Waals surface area contributed by atoms with Crippen molar-refractivity contribution in [3.8, 4) is 17.1 Å². The highest BCUT2D eigenvalue weighted by Gasteiger charge is 2.31. The number of hydrogen-bond donors (Lipinski definition) is 2. The number of nitrogens with zero attached hydrogens (tertiary/aromatic N) is 2. The van der Waals surface area contributed by atoms with E-state index in [1.54, 1.807) is 0 Å². The normalized spacial score (nSPS) is 13.0. The molecule has 1 atom stereocenters. The summed E-state index contributed by atoms with van der Waals surface area (Å²) in [4.78, 5) is 16.3. The first-order chi connectivity index (χ1) is 15.0. The molecule has 0 aliphatic carbocycles. The Kier molecular flexibility index (Phi) is 6.39. The minimum atomic E-state index is -4.88. The minimum absolute atomic E-state index is 0.0412. The Balaban J connectivity index is 1.70. The van der Waals surface area contributed by atoms with Crippen molar-refractivity contribution < 1.29 is 45.5 Å². The summed E-state index contributed by atoms with van der Waals surface area (Å²) in [6.07, 6.45) is -9.39. The second-order valence-electron chi connectivity index (χ2n) is 6.31. The van der Waals surface area contributed by atoms with Gasteiger partial charge in [0.2, 0.25) is 5.82 Å². The van der Waals surface area contributed by atoms with Crippen LogP contribution in [-0.2, 0) is 6.18 Å². The maximum atomic E-state index is 12.7. The molecule has 0 bridgehead atoms. The quantitative estimate of drug-likeness (QED) is 0.537. The van der Waals surface area contributed by atoms with E-state index in [-0.39, 0.29) is 22.8 Å². The molecule has 1 aromatic heterocycles. The van der Waals surface area contributed by atoms with Crippen molar-refractivity contribution in [3.63, 3.8) is 0 Å². The minimum Gasteiger partial charge on any atom is -0.406 e. The highest BCUT2D eigenvalue weighted by atomic mass is 19.4. The number of halogens is 6. The molecule has 1 heterocycles. The first-order valence-electron chi connectivity index (χ1n) is 8.75. The van der Waals surface area contributed by atoms with Crippen LogP contribution in [0.3, 0.4) is 0 Å². The van der Waals surface area contributed by atoms with Crippen molar-refractivity contribution in [1.82, 2.24) is 15.5 Å². The molecule has 2 N–H and O–H groups in total. The number of aromatic nitrogens is 2. The van der Waals surface area contributed by atoms with Gasteiger partial charge in [-0.25, -0.2) is 0 Å². The van der Waals surface area contributed by atoms with Crippen LogP contribution in [0.1, 0.15) is 27.9 Å². The van der Waals surface area contributed by atoms with Crippen LogP contribution in [-0.4, -0.2) is 34.1 Å². The van der Waals surface area contributed by atoms with E-state index in [2.05, 4.69) is 20.2 Å². The average molecular weight is 461 g/mol. The van der Waals surface area contributed by atoms with E-state index in [9.17, 15) is 36.2 Å². The summed E-state index contributed by atoms with van der Waals surface area (Å²) in [7, 11) is 0. The summed E-state index contributed by atoms with van der Waals surface area (Å²) in [6, 6.07) is 6.79. The number of amides is 1. The Bertz CT molecular complexity index is 1060.